The van der Waals surface area contributed by atoms with Crippen LogP contribution in [-0.2, 0) is 0 Å². The van der Waals surface area contributed by atoms with E-state index >= 15 is 0 Å². The van der Waals surface area contributed by atoms with Gasteiger partial charge in [-0.05, 0) is 84.5 Å². The van der Waals surface area contributed by atoms with Gasteiger partial charge in [0.05, 0.1) is 1.37 Å². The summed E-state index contributed by atoms with van der Waals surface area (Å²) in [6.45, 7) is 4.41. The lowest BCUT2D eigenvalue weighted by molar-refractivity contribution is 0.402. The molecule has 3 aliphatic heterocycles. The lowest BCUT2D eigenvalue weighted by Gasteiger charge is -2.45. The van der Waals surface area contributed by atoms with Crippen LogP contribution in [0.2, 0.25) is 0 Å². The summed E-state index contributed by atoms with van der Waals surface area (Å²) in [5, 5.41) is 0. The molecule has 4 aromatic carbocycles. The summed E-state index contributed by atoms with van der Waals surface area (Å²) in [6, 6.07) is 27.6. The molecule has 1 saturated carbocycles. The van der Waals surface area contributed by atoms with Gasteiger partial charge in [0.15, 0.2) is 0 Å². The highest BCUT2D eigenvalue weighted by Crippen LogP contribution is 2.53. The molecule has 0 aromatic heterocycles. The summed E-state index contributed by atoms with van der Waals surface area (Å²) in [4.78, 5) is 4.70. The van der Waals surface area contributed by atoms with Crippen molar-refractivity contribution >= 4 is 51.5 Å². The van der Waals surface area contributed by atoms with Crippen LogP contribution in [0.4, 0.5) is 28.4 Å². The Balaban J connectivity index is 1.52. The largest absolute Gasteiger partial charge is 0.338 e. The summed E-state index contributed by atoms with van der Waals surface area (Å²) in [7, 11) is 0. The molecule has 8 rings (SSSR count). The predicted molar refractivity (Wildman–Crippen MR) is 149 cm³/mol. The number of anilines is 5. The van der Waals surface area contributed by atoms with E-state index in [9.17, 15) is 2.74 Å². The molecule has 0 saturated heterocycles. The van der Waals surface area contributed by atoms with Crippen molar-refractivity contribution < 1.29 is 2.74 Å². The van der Waals surface area contributed by atoms with Crippen LogP contribution >= 0.6 is 0 Å². The van der Waals surface area contributed by atoms with Crippen molar-refractivity contribution in [2.45, 2.75) is 51.4 Å². The smallest absolute Gasteiger partial charge is 0.252 e. The Hall–Kier alpha value is -3.46. The van der Waals surface area contributed by atoms with E-state index in [-0.39, 0.29) is 6.71 Å². The van der Waals surface area contributed by atoms with E-state index in [0.717, 1.165) is 48.3 Å². The molecule has 1 fully saturated rings. The van der Waals surface area contributed by atoms with Gasteiger partial charge in [-0.15, -0.1) is 0 Å². The average molecular weight is 454 g/mol. The van der Waals surface area contributed by atoms with E-state index in [0.29, 0.717) is 0 Å². The average Bonchev–Trinajstić information content (AvgIpc) is 3.11. The van der Waals surface area contributed by atoms with Crippen molar-refractivity contribution in [2.24, 2.45) is 0 Å². The Labute approximate surface area is 211 Å². The van der Waals surface area contributed by atoms with Crippen molar-refractivity contribution in [1.29, 1.82) is 0 Å². The van der Waals surface area contributed by atoms with E-state index in [1.807, 2.05) is 0 Å². The molecule has 2 atom stereocenters. The lowest BCUT2D eigenvalue weighted by Crippen LogP contribution is -2.62. The zero-order chi connectivity index (χ0) is 25.1. The van der Waals surface area contributed by atoms with E-state index in [1.54, 1.807) is 0 Å². The molecule has 2 nitrogen and oxygen atoms in total. The van der Waals surface area contributed by atoms with Crippen molar-refractivity contribution in [3.8, 4) is 0 Å². The minimum absolute atomic E-state index is 0.0824. The Morgan fingerprint density at radius 3 is 2.40 bits per heavy atom. The quantitative estimate of drug-likeness (QED) is 0.283. The van der Waals surface area contributed by atoms with Crippen molar-refractivity contribution in [3.05, 3.63) is 95.6 Å². The molecule has 4 aliphatic rings. The summed E-state index contributed by atoms with van der Waals surface area (Å²) in [5.74, 6) is -0.926. The van der Waals surface area contributed by atoms with Crippen LogP contribution in [0.5, 0.6) is 0 Å². The topological polar surface area (TPSA) is 6.48 Å². The summed E-state index contributed by atoms with van der Waals surface area (Å²) in [5.41, 5.74) is 13.1. The van der Waals surface area contributed by atoms with Gasteiger partial charge in [0, 0.05) is 41.7 Å². The fraction of sp³-hybridized carbons (Fsp3) is 0.250. The number of nitrogens with zero attached hydrogens (tertiary/aromatic N) is 2. The number of benzene rings is 4. The van der Waals surface area contributed by atoms with Gasteiger partial charge in [0.1, 0.15) is 0 Å². The minimum atomic E-state index is -1.00. The third-order valence-corrected chi connectivity index (χ3v) is 8.41. The van der Waals surface area contributed by atoms with E-state index in [4.69, 9.17) is 0 Å². The van der Waals surface area contributed by atoms with Gasteiger partial charge in [-0.2, -0.15) is 0 Å². The monoisotopic (exact) mass is 454 g/mol. The Kier molecular flexibility index (Phi) is 3.60. The lowest BCUT2D eigenvalue weighted by atomic mass is 9.33. The molecule has 0 amide bonds. The highest BCUT2D eigenvalue weighted by Gasteiger charge is 2.50. The highest BCUT2D eigenvalue weighted by molar-refractivity contribution is 7.00. The van der Waals surface area contributed by atoms with Crippen LogP contribution in [0.25, 0.3) is 0 Å². The van der Waals surface area contributed by atoms with Crippen molar-refractivity contribution in [2.75, 3.05) is 9.80 Å². The fourth-order valence-corrected chi connectivity index (χ4v) is 7.16. The summed E-state index contributed by atoms with van der Waals surface area (Å²) >= 11 is 0. The first-order chi connectivity index (χ1) is 17.9. The Morgan fingerprint density at radius 2 is 1.51 bits per heavy atom. The second-order valence-electron chi connectivity index (χ2n) is 10.6. The minimum Gasteiger partial charge on any atom is -0.338 e. The zero-order valence-electron chi connectivity index (χ0n) is 22.3. The molecule has 4 aromatic rings. The Morgan fingerprint density at radius 1 is 0.771 bits per heavy atom. The van der Waals surface area contributed by atoms with Gasteiger partial charge in [0.25, 0.3) is 6.71 Å². The highest BCUT2D eigenvalue weighted by atomic mass is 15.2. The van der Waals surface area contributed by atoms with Gasteiger partial charge in [-0.1, -0.05) is 66.9 Å². The van der Waals surface area contributed by atoms with Crippen LogP contribution in [0.3, 0.4) is 0 Å². The maximum absolute atomic E-state index is 9.98. The third kappa shape index (κ3) is 2.56. The number of para-hydroxylation sites is 2. The van der Waals surface area contributed by atoms with Crippen LogP contribution in [-0.4, -0.2) is 12.7 Å². The van der Waals surface area contributed by atoms with Crippen LogP contribution < -0.4 is 26.2 Å². The van der Waals surface area contributed by atoms with Gasteiger partial charge in [0.2, 0.25) is 0 Å². The molecule has 3 heteroatoms. The molecule has 170 valence electrons. The standard InChI is InChI=1S/C32H29BN2/c1-20-16-24-23-12-6-8-14-27(23)35-30-19-21(2)18-29-31(30)33(26(17-20)32(24)35)25-13-7-9-15-28(25)34(29)22-10-4-3-5-11-22/h3-5,7,9-11,13,15-19,23,27H,6,8,12,14H2,1-2H3/i23D,27D. The first-order valence-electron chi connectivity index (χ1n) is 14.0. The molecule has 3 heterocycles. The predicted octanol–water partition coefficient (Wildman–Crippen LogP) is 6.09. The number of hydrogen-bond acceptors (Lipinski definition) is 2. The van der Waals surface area contributed by atoms with Crippen LogP contribution in [0.15, 0.2) is 78.9 Å². The Bertz CT molecular complexity index is 1620. The first kappa shape index (κ1) is 17.9. The zero-order valence-corrected chi connectivity index (χ0v) is 20.3. The molecule has 0 bridgehead atoms. The maximum Gasteiger partial charge on any atom is 0.252 e. The SMILES string of the molecule is [2H]C12CCCCC1([2H])N1c3cc(C)cc4c3B(c3ccccc3N4c3ccccc3)c3cc(C)cc2c31. The molecule has 35 heavy (non-hydrogen) atoms. The first-order valence-corrected chi connectivity index (χ1v) is 13.0. The van der Waals surface area contributed by atoms with E-state index < -0.39 is 11.9 Å². The normalized spacial score (nSPS) is 25.8. The summed E-state index contributed by atoms with van der Waals surface area (Å²) < 4.78 is 19.8. The number of rotatable bonds is 1. The molecule has 0 N–H and O–H groups in total. The fourth-order valence-electron chi connectivity index (χ4n) is 7.16. The third-order valence-electron chi connectivity index (χ3n) is 8.41. The second-order valence-corrected chi connectivity index (χ2v) is 10.6. The molecular formula is C32H29BN2. The van der Waals surface area contributed by atoms with E-state index in [2.05, 4.69) is 103 Å². The van der Waals surface area contributed by atoms with Gasteiger partial charge in [-0.25, -0.2) is 0 Å². The number of aryl methyl sites for hydroxylation is 2. The second kappa shape index (κ2) is 7.04. The molecule has 0 radical (unpaired) electrons. The molecule has 1 aliphatic carbocycles. The van der Waals surface area contributed by atoms with Gasteiger partial charge in [-0.3, -0.25) is 0 Å². The van der Waals surface area contributed by atoms with Gasteiger partial charge < -0.3 is 9.80 Å². The molecule has 2 unspecified atom stereocenters. The van der Waals surface area contributed by atoms with Crippen LogP contribution in [0, 0.1) is 13.8 Å². The number of fused-ring (bicyclic) bond motifs is 7. The van der Waals surface area contributed by atoms with E-state index in [1.165, 1.54) is 38.9 Å². The summed E-state index contributed by atoms with van der Waals surface area (Å²) in [6.07, 6.45) is 3.48. The van der Waals surface area contributed by atoms with Gasteiger partial charge >= 0.3 is 0 Å². The van der Waals surface area contributed by atoms with Crippen LogP contribution in [0.1, 0.15) is 51.0 Å². The van der Waals surface area contributed by atoms with Crippen molar-refractivity contribution in [1.82, 2.24) is 0 Å². The van der Waals surface area contributed by atoms with Crippen molar-refractivity contribution in [3.63, 3.8) is 0 Å². The number of hydrogen-bond donors (Lipinski definition) is 0. The maximum atomic E-state index is 9.98. The molecular weight excluding hydrogens is 423 g/mol. The molecule has 0 spiro atoms.